The van der Waals surface area contributed by atoms with Crippen LogP contribution in [0.1, 0.15) is 23.1 Å². The fraction of sp³-hybridized carbons (Fsp3) is 0.375. The van der Waals surface area contributed by atoms with Crippen molar-refractivity contribution in [2.45, 2.75) is 26.8 Å². The molecule has 4 nitrogen and oxygen atoms in total. The Labute approximate surface area is 163 Å². The van der Waals surface area contributed by atoms with Gasteiger partial charge in [0.05, 0.1) is 17.7 Å². The van der Waals surface area contributed by atoms with Gasteiger partial charge in [-0.25, -0.2) is 9.98 Å². The molecule has 0 spiro atoms. The minimum Gasteiger partial charge on any atom is -0.357 e. The summed E-state index contributed by atoms with van der Waals surface area (Å²) in [7, 11) is 0. The number of nitrogens with zero attached hydrogens (tertiary/aromatic N) is 2. The van der Waals surface area contributed by atoms with Gasteiger partial charge in [-0.05, 0) is 38.0 Å². The van der Waals surface area contributed by atoms with Crippen LogP contribution in [0, 0.1) is 6.92 Å². The minimum atomic E-state index is 0. The first-order valence-corrected chi connectivity index (χ1v) is 8.60. The monoisotopic (exact) mass is 464 g/mol. The van der Waals surface area contributed by atoms with Crippen LogP contribution in [0.25, 0.3) is 0 Å². The molecule has 23 heavy (non-hydrogen) atoms. The third-order valence-corrected chi connectivity index (χ3v) is 4.36. The average molecular weight is 465 g/mol. The average Bonchev–Trinajstić information content (AvgIpc) is 2.92. The zero-order valence-electron chi connectivity index (χ0n) is 13.3. The van der Waals surface area contributed by atoms with Crippen molar-refractivity contribution in [1.29, 1.82) is 0 Å². The van der Waals surface area contributed by atoms with Crippen molar-refractivity contribution in [3.63, 3.8) is 0 Å². The SMILES string of the molecule is CCNC(=NCc1scnc1C)NCCc1ccc(Cl)cc1.I. The molecule has 0 bridgehead atoms. The van der Waals surface area contributed by atoms with Gasteiger partial charge in [0.2, 0.25) is 0 Å². The summed E-state index contributed by atoms with van der Waals surface area (Å²) >= 11 is 7.54. The molecule has 1 heterocycles. The number of halogens is 2. The Hall–Kier alpha value is -0.860. The van der Waals surface area contributed by atoms with E-state index in [1.807, 2.05) is 24.6 Å². The van der Waals surface area contributed by atoms with E-state index < -0.39 is 0 Å². The maximum Gasteiger partial charge on any atom is 0.191 e. The normalized spacial score (nSPS) is 11.0. The molecule has 0 atom stereocenters. The second-order valence-corrected chi connectivity index (χ2v) is 6.24. The highest BCUT2D eigenvalue weighted by Crippen LogP contribution is 2.13. The van der Waals surface area contributed by atoms with Gasteiger partial charge in [0.1, 0.15) is 0 Å². The Morgan fingerprint density at radius 3 is 2.61 bits per heavy atom. The lowest BCUT2D eigenvalue weighted by atomic mass is 10.1. The van der Waals surface area contributed by atoms with Crippen molar-refractivity contribution < 1.29 is 0 Å². The number of aliphatic imine (C=N–C) groups is 1. The van der Waals surface area contributed by atoms with E-state index >= 15 is 0 Å². The van der Waals surface area contributed by atoms with Crippen LogP contribution >= 0.6 is 46.9 Å². The highest BCUT2D eigenvalue weighted by atomic mass is 127. The molecule has 0 amide bonds. The van der Waals surface area contributed by atoms with Crippen molar-refractivity contribution in [1.82, 2.24) is 15.6 Å². The van der Waals surface area contributed by atoms with Crippen molar-refractivity contribution in [2.24, 2.45) is 4.99 Å². The topological polar surface area (TPSA) is 49.3 Å². The fourth-order valence-corrected chi connectivity index (χ4v) is 2.77. The summed E-state index contributed by atoms with van der Waals surface area (Å²) < 4.78 is 0. The van der Waals surface area contributed by atoms with Crippen LogP contribution in [0.15, 0.2) is 34.8 Å². The molecule has 0 radical (unpaired) electrons. The number of aryl methyl sites for hydroxylation is 1. The Kier molecular flexibility index (Phi) is 9.50. The van der Waals surface area contributed by atoms with Gasteiger partial charge in [-0.15, -0.1) is 35.3 Å². The molecule has 0 aliphatic heterocycles. The molecule has 0 fully saturated rings. The molecule has 0 saturated carbocycles. The first kappa shape index (κ1) is 20.2. The molecule has 1 aromatic heterocycles. The number of nitrogens with one attached hydrogen (secondary N) is 2. The number of benzene rings is 1. The minimum absolute atomic E-state index is 0. The van der Waals surface area contributed by atoms with Crippen molar-refractivity contribution in [3.8, 4) is 0 Å². The van der Waals surface area contributed by atoms with Crippen molar-refractivity contribution >= 4 is 52.9 Å². The Balaban J connectivity index is 0.00000264. The molecule has 7 heteroatoms. The van der Waals surface area contributed by atoms with Crippen LogP contribution in [0.5, 0.6) is 0 Å². The van der Waals surface area contributed by atoms with Crippen LogP contribution in [-0.2, 0) is 13.0 Å². The molecular formula is C16H22ClIN4S. The first-order valence-electron chi connectivity index (χ1n) is 7.34. The van der Waals surface area contributed by atoms with E-state index in [0.717, 1.165) is 36.2 Å². The number of guanidine groups is 1. The highest BCUT2D eigenvalue weighted by Gasteiger charge is 2.02. The number of thiazole rings is 1. The van der Waals surface area contributed by atoms with Gasteiger partial charge in [-0.2, -0.15) is 0 Å². The van der Waals surface area contributed by atoms with E-state index in [2.05, 4.69) is 39.7 Å². The molecular weight excluding hydrogens is 443 g/mol. The van der Waals surface area contributed by atoms with Crippen molar-refractivity contribution in [2.75, 3.05) is 13.1 Å². The van der Waals surface area contributed by atoms with Crippen LogP contribution in [0.4, 0.5) is 0 Å². The van der Waals surface area contributed by atoms with Crippen LogP contribution in [0.2, 0.25) is 5.02 Å². The fourth-order valence-electron chi connectivity index (χ4n) is 1.95. The Morgan fingerprint density at radius 2 is 2.00 bits per heavy atom. The van der Waals surface area contributed by atoms with Gasteiger partial charge in [-0.1, -0.05) is 23.7 Å². The molecule has 0 aliphatic carbocycles. The summed E-state index contributed by atoms with van der Waals surface area (Å²) in [6.45, 7) is 6.41. The van der Waals surface area contributed by atoms with E-state index in [1.165, 1.54) is 10.4 Å². The molecule has 126 valence electrons. The van der Waals surface area contributed by atoms with Gasteiger partial charge >= 0.3 is 0 Å². The first-order chi connectivity index (χ1) is 10.7. The predicted molar refractivity (Wildman–Crippen MR) is 110 cm³/mol. The summed E-state index contributed by atoms with van der Waals surface area (Å²) in [6, 6.07) is 7.94. The van der Waals surface area contributed by atoms with Gasteiger partial charge < -0.3 is 10.6 Å². The van der Waals surface area contributed by atoms with E-state index in [-0.39, 0.29) is 24.0 Å². The second kappa shape index (κ2) is 10.8. The lowest BCUT2D eigenvalue weighted by Crippen LogP contribution is -2.38. The Bertz CT molecular complexity index is 613. The summed E-state index contributed by atoms with van der Waals surface area (Å²) in [5.74, 6) is 0.837. The lowest BCUT2D eigenvalue weighted by molar-refractivity contribution is 0.800. The number of aromatic nitrogens is 1. The number of hydrogen-bond donors (Lipinski definition) is 2. The molecule has 0 saturated heterocycles. The molecule has 2 N–H and O–H groups in total. The largest absolute Gasteiger partial charge is 0.357 e. The van der Waals surface area contributed by atoms with Crippen LogP contribution in [-0.4, -0.2) is 24.0 Å². The van der Waals surface area contributed by atoms with E-state index in [9.17, 15) is 0 Å². The summed E-state index contributed by atoms with van der Waals surface area (Å²) in [6.07, 6.45) is 0.932. The van der Waals surface area contributed by atoms with E-state index in [0.29, 0.717) is 6.54 Å². The maximum absolute atomic E-state index is 5.89. The smallest absolute Gasteiger partial charge is 0.191 e. The van der Waals surface area contributed by atoms with Crippen LogP contribution in [0.3, 0.4) is 0 Å². The predicted octanol–water partition coefficient (Wildman–Crippen LogP) is 4.02. The number of rotatable bonds is 6. The summed E-state index contributed by atoms with van der Waals surface area (Å²) in [4.78, 5) is 10.1. The second-order valence-electron chi connectivity index (χ2n) is 4.86. The molecule has 1 aromatic carbocycles. The van der Waals surface area contributed by atoms with Crippen molar-refractivity contribution in [3.05, 3.63) is 50.9 Å². The molecule has 2 rings (SSSR count). The van der Waals surface area contributed by atoms with Gasteiger partial charge in [0, 0.05) is 23.0 Å². The van der Waals surface area contributed by atoms with Gasteiger partial charge in [0.15, 0.2) is 5.96 Å². The third-order valence-electron chi connectivity index (χ3n) is 3.19. The maximum atomic E-state index is 5.89. The molecule has 0 unspecified atom stereocenters. The summed E-state index contributed by atoms with van der Waals surface area (Å²) in [5.41, 5.74) is 4.18. The van der Waals surface area contributed by atoms with Gasteiger partial charge in [0.25, 0.3) is 0 Å². The van der Waals surface area contributed by atoms with E-state index in [1.54, 1.807) is 11.3 Å². The van der Waals surface area contributed by atoms with Gasteiger partial charge in [-0.3, -0.25) is 0 Å². The summed E-state index contributed by atoms with van der Waals surface area (Å²) in [5, 5.41) is 7.39. The number of hydrogen-bond acceptors (Lipinski definition) is 3. The Morgan fingerprint density at radius 1 is 1.26 bits per heavy atom. The zero-order valence-corrected chi connectivity index (χ0v) is 17.2. The molecule has 2 aromatic rings. The molecule has 0 aliphatic rings. The van der Waals surface area contributed by atoms with Crippen LogP contribution < -0.4 is 10.6 Å². The third kappa shape index (κ3) is 7.05. The standard InChI is InChI=1S/C16H21ClN4S.HI/c1-3-18-16(20-10-15-12(2)21-11-22-15)19-9-8-13-4-6-14(17)7-5-13;/h4-7,11H,3,8-10H2,1-2H3,(H2,18,19,20);1H. The highest BCUT2D eigenvalue weighted by molar-refractivity contribution is 14.0. The quantitative estimate of drug-likeness (QED) is 0.386. The van der Waals surface area contributed by atoms with E-state index in [4.69, 9.17) is 11.6 Å². The lowest BCUT2D eigenvalue weighted by Gasteiger charge is -2.11. The zero-order chi connectivity index (χ0) is 15.8.